The first-order valence-corrected chi connectivity index (χ1v) is 10.8. The minimum absolute atomic E-state index is 0.0125. The largest absolute Gasteiger partial charge is 0.496 e. The predicted octanol–water partition coefficient (Wildman–Crippen LogP) is 3.41. The zero-order valence-corrected chi connectivity index (χ0v) is 19.5. The quantitative estimate of drug-likeness (QED) is 0.292. The fourth-order valence-electron chi connectivity index (χ4n) is 3.60. The minimum atomic E-state index is -0.662. The van der Waals surface area contributed by atoms with Crippen molar-refractivity contribution in [3.63, 3.8) is 0 Å². The van der Waals surface area contributed by atoms with Crippen LogP contribution >= 0.6 is 15.9 Å². The van der Waals surface area contributed by atoms with Crippen LogP contribution in [0, 0.1) is 22.8 Å². The van der Waals surface area contributed by atoms with Crippen LogP contribution in [0.15, 0.2) is 51.9 Å². The number of pyridine rings is 1. The minimum Gasteiger partial charge on any atom is -0.496 e. The lowest BCUT2D eigenvalue weighted by molar-refractivity contribution is 0.296. The molecule has 0 saturated heterocycles. The van der Waals surface area contributed by atoms with E-state index in [4.69, 9.17) is 26.2 Å². The Morgan fingerprint density at radius 1 is 1.18 bits per heavy atom. The molecule has 1 aliphatic rings. The predicted molar refractivity (Wildman–Crippen MR) is 131 cm³/mol. The molecule has 10 nitrogen and oxygen atoms in total. The number of rotatable bonds is 5. The fraction of sp³-hybridized carbons (Fsp3) is 0.130. The van der Waals surface area contributed by atoms with Crippen molar-refractivity contribution in [1.29, 1.82) is 10.5 Å². The number of anilines is 3. The smallest absolute Gasteiger partial charge is 0.211 e. The maximum atomic E-state index is 9.50. The highest BCUT2D eigenvalue weighted by atomic mass is 79.9. The molecule has 170 valence electrons. The molecule has 2 heterocycles. The van der Waals surface area contributed by atoms with Gasteiger partial charge in [0, 0.05) is 15.6 Å². The Hall–Kier alpha value is -4.48. The summed E-state index contributed by atoms with van der Waals surface area (Å²) in [7, 11) is 1.58. The molecule has 0 aliphatic carbocycles. The summed E-state index contributed by atoms with van der Waals surface area (Å²) in [6, 6.07) is 14.3. The molecule has 1 unspecified atom stereocenters. The molecule has 0 saturated carbocycles. The zero-order valence-electron chi connectivity index (χ0n) is 18.0. The maximum Gasteiger partial charge on any atom is 0.211 e. The van der Waals surface area contributed by atoms with Crippen molar-refractivity contribution < 1.29 is 9.47 Å². The number of hydrogen-bond acceptors (Lipinski definition) is 10. The third-order valence-electron chi connectivity index (χ3n) is 5.19. The van der Waals surface area contributed by atoms with Gasteiger partial charge in [-0.3, -0.25) is 5.32 Å². The first kappa shape index (κ1) is 22.7. The van der Waals surface area contributed by atoms with Crippen molar-refractivity contribution in [1.82, 2.24) is 10.3 Å². The average molecular weight is 519 g/mol. The van der Waals surface area contributed by atoms with Gasteiger partial charge < -0.3 is 26.3 Å². The molecule has 0 bridgehead atoms. The number of aliphatic imine (C=N–C) groups is 1. The van der Waals surface area contributed by atoms with Crippen molar-refractivity contribution in [2.75, 3.05) is 23.9 Å². The number of fused-ring (bicyclic) bond motifs is 1. The zero-order chi connectivity index (χ0) is 24.2. The molecular formula is C23H19BrN8O2. The van der Waals surface area contributed by atoms with E-state index in [1.807, 2.05) is 48.7 Å². The number of benzene rings is 2. The first-order chi connectivity index (χ1) is 16.4. The normalized spacial score (nSPS) is 14.0. The third kappa shape index (κ3) is 4.37. The SMILES string of the molecule is COc1ccc(C2N=C(NC#N)Nc3nc(N)c(C#N)c(N)c32)cc1COc1ccc(Br)cc1. The van der Waals surface area contributed by atoms with E-state index in [9.17, 15) is 5.26 Å². The Morgan fingerprint density at radius 3 is 2.62 bits per heavy atom. The number of nitriles is 2. The number of guanidine groups is 1. The number of halogens is 1. The number of ether oxygens (including phenoxy) is 2. The van der Waals surface area contributed by atoms with Crippen molar-refractivity contribution in [2.45, 2.75) is 12.6 Å². The van der Waals surface area contributed by atoms with Crippen molar-refractivity contribution in [2.24, 2.45) is 4.99 Å². The number of methoxy groups -OCH3 is 1. The molecule has 1 aromatic heterocycles. The van der Waals surface area contributed by atoms with Crippen LogP contribution in [0.5, 0.6) is 11.5 Å². The average Bonchev–Trinajstić information content (AvgIpc) is 2.83. The number of nitrogens with zero attached hydrogens (tertiary/aromatic N) is 4. The highest BCUT2D eigenvalue weighted by Crippen LogP contribution is 2.41. The van der Waals surface area contributed by atoms with Gasteiger partial charge in [0.25, 0.3) is 0 Å². The number of nitrogens with one attached hydrogen (secondary N) is 2. The van der Waals surface area contributed by atoms with Gasteiger partial charge in [0.2, 0.25) is 5.96 Å². The highest BCUT2D eigenvalue weighted by Gasteiger charge is 2.30. The van der Waals surface area contributed by atoms with Crippen LogP contribution < -0.4 is 31.6 Å². The van der Waals surface area contributed by atoms with Crippen LogP contribution in [0.4, 0.5) is 17.3 Å². The second-order valence-corrected chi connectivity index (χ2v) is 8.13. The van der Waals surface area contributed by atoms with Crippen molar-refractivity contribution in [3.8, 4) is 23.8 Å². The monoisotopic (exact) mass is 518 g/mol. The van der Waals surface area contributed by atoms with E-state index in [0.717, 1.165) is 15.6 Å². The molecule has 1 aliphatic heterocycles. The van der Waals surface area contributed by atoms with Gasteiger partial charge in [0.15, 0.2) is 6.19 Å². The number of nitrogen functional groups attached to an aromatic ring is 2. The second kappa shape index (κ2) is 9.57. The lowest BCUT2D eigenvalue weighted by Crippen LogP contribution is -2.32. The Morgan fingerprint density at radius 2 is 1.94 bits per heavy atom. The Kier molecular flexibility index (Phi) is 6.39. The summed E-state index contributed by atoms with van der Waals surface area (Å²) in [5.74, 6) is 1.82. The van der Waals surface area contributed by atoms with Gasteiger partial charge in [0.05, 0.1) is 12.8 Å². The highest BCUT2D eigenvalue weighted by molar-refractivity contribution is 9.10. The summed E-state index contributed by atoms with van der Waals surface area (Å²) < 4.78 is 12.4. The molecule has 3 aromatic rings. The molecule has 0 radical (unpaired) electrons. The van der Waals surface area contributed by atoms with Crippen LogP contribution in [0.25, 0.3) is 0 Å². The van der Waals surface area contributed by atoms with E-state index >= 15 is 0 Å². The van der Waals surface area contributed by atoms with Crippen molar-refractivity contribution in [3.05, 3.63) is 69.2 Å². The molecule has 11 heteroatoms. The van der Waals surface area contributed by atoms with Gasteiger partial charge in [0.1, 0.15) is 47.4 Å². The molecule has 6 N–H and O–H groups in total. The van der Waals surface area contributed by atoms with E-state index in [-0.39, 0.29) is 29.6 Å². The standard InChI is InChI=1S/C23H19BrN8O2/c1-33-17-7-2-12(8-13(17)10-34-15-5-3-14(24)4-6-15)20-18-19(27)16(9-25)21(28)31-22(18)32-23(30-20)29-11-26/h2-8,20H,10H2,1H3,(H6,27,28,29,30,31,32). The lowest BCUT2D eigenvalue weighted by Gasteiger charge is -2.26. The van der Waals surface area contributed by atoms with Gasteiger partial charge in [-0.1, -0.05) is 22.0 Å². The summed E-state index contributed by atoms with van der Waals surface area (Å²) in [5, 5.41) is 24.0. The third-order valence-corrected chi connectivity index (χ3v) is 5.71. The number of hydrogen-bond donors (Lipinski definition) is 4. The molecule has 1 atom stereocenters. The summed E-state index contributed by atoms with van der Waals surface area (Å²) in [4.78, 5) is 8.86. The van der Waals surface area contributed by atoms with E-state index in [1.54, 1.807) is 13.2 Å². The van der Waals surface area contributed by atoms with Crippen LogP contribution in [-0.4, -0.2) is 18.1 Å². The maximum absolute atomic E-state index is 9.50. The summed E-state index contributed by atoms with van der Waals surface area (Å²) in [6.07, 6.45) is 1.83. The van der Waals surface area contributed by atoms with Gasteiger partial charge in [-0.15, -0.1) is 0 Å². The Balaban J connectivity index is 1.77. The van der Waals surface area contributed by atoms with Gasteiger partial charge in [-0.2, -0.15) is 10.5 Å². The molecule has 4 rings (SSSR count). The van der Waals surface area contributed by atoms with E-state index in [1.165, 1.54) is 0 Å². The van der Waals surface area contributed by atoms with Crippen LogP contribution in [0.3, 0.4) is 0 Å². The summed E-state index contributed by atoms with van der Waals surface area (Å²) >= 11 is 3.41. The molecule has 0 spiro atoms. The van der Waals surface area contributed by atoms with E-state index in [2.05, 4.69) is 36.5 Å². The molecule has 0 amide bonds. The molecule has 2 aromatic carbocycles. The van der Waals surface area contributed by atoms with Gasteiger partial charge in [-0.25, -0.2) is 9.98 Å². The Bertz CT molecular complexity index is 1360. The van der Waals surface area contributed by atoms with Crippen LogP contribution in [-0.2, 0) is 6.61 Å². The topological polar surface area (TPSA) is 167 Å². The number of nitrogens with two attached hydrogens (primary N) is 2. The molecular weight excluding hydrogens is 500 g/mol. The fourth-order valence-corrected chi connectivity index (χ4v) is 3.86. The Labute approximate surface area is 204 Å². The van der Waals surface area contributed by atoms with Crippen molar-refractivity contribution >= 4 is 39.2 Å². The lowest BCUT2D eigenvalue weighted by atomic mass is 9.94. The summed E-state index contributed by atoms with van der Waals surface area (Å²) in [5.41, 5.74) is 14.5. The summed E-state index contributed by atoms with van der Waals surface area (Å²) in [6.45, 7) is 0.238. The molecule has 34 heavy (non-hydrogen) atoms. The first-order valence-electron chi connectivity index (χ1n) is 9.99. The van der Waals surface area contributed by atoms with E-state index in [0.29, 0.717) is 22.9 Å². The second-order valence-electron chi connectivity index (χ2n) is 7.22. The van der Waals surface area contributed by atoms with Crippen LogP contribution in [0.2, 0.25) is 0 Å². The van der Waals surface area contributed by atoms with Crippen LogP contribution in [0.1, 0.15) is 28.3 Å². The van der Waals surface area contributed by atoms with E-state index < -0.39 is 6.04 Å². The van der Waals surface area contributed by atoms with Gasteiger partial charge >= 0.3 is 0 Å². The number of aromatic nitrogens is 1. The molecule has 0 fully saturated rings. The van der Waals surface area contributed by atoms with Gasteiger partial charge in [-0.05, 0) is 42.0 Å².